The first-order chi connectivity index (χ1) is 16.0. The van der Waals surface area contributed by atoms with E-state index in [2.05, 4.69) is 10.6 Å². The Bertz CT molecular complexity index is 1120. The van der Waals surface area contributed by atoms with Gasteiger partial charge in [-0.1, -0.05) is 30.3 Å². The molecule has 0 spiro atoms. The van der Waals surface area contributed by atoms with Gasteiger partial charge in [0, 0.05) is 12.0 Å². The van der Waals surface area contributed by atoms with Crippen LogP contribution in [0.5, 0.6) is 0 Å². The van der Waals surface area contributed by atoms with E-state index in [0.29, 0.717) is 5.56 Å². The van der Waals surface area contributed by atoms with Crippen LogP contribution in [0.4, 0.5) is 4.79 Å². The number of β-lactam (4-membered cyclic amide) rings is 1. The van der Waals surface area contributed by atoms with Gasteiger partial charge >= 0.3 is 12.1 Å². The molecule has 184 valence electrons. The van der Waals surface area contributed by atoms with Crippen molar-refractivity contribution in [1.29, 1.82) is 0 Å². The molecule has 3 rings (SSSR count). The van der Waals surface area contributed by atoms with E-state index < -0.39 is 64.4 Å². The number of rotatable bonds is 9. The first-order valence-corrected chi connectivity index (χ1v) is 13.1. The van der Waals surface area contributed by atoms with Gasteiger partial charge in [-0.25, -0.2) is 18.0 Å². The summed E-state index contributed by atoms with van der Waals surface area (Å²) in [5.74, 6) is -2.96. The quantitative estimate of drug-likeness (QED) is 0.306. The van der Waals surface area contributed by atoms with Gasteiger partial charge in [-0.15, -0.1) is 11.8 Å². The Labute approximate surface area is 199 Å². The average Bonchev–Trinajstić information content (AvgIpc) is 2.79. The molecule has 2 heterocycles. The molecule has 1 fully saturated rings. The van der Waals surface area contributed by atoms with Crippen LogP contribution in [0.1, 0.15) is 11.6 Å². The lowest BCUT2D eigenvalue weighted by Gasteiger charge is -2.49. The van der Waals surface area contributed by atoms with E-state index in [9.17, 15) is 37.8 Å². The third kappa shape index (κ3) is 5.69. The molecule has 1 aromatic rings. The van der Waals surface area contributed by atoms with Crippen LogP contribution < -0.4 is 10.6 Å². The van der Waals surface area contributed by atoms with Crippen molar-refractivity contribution in [2.75, 3.05) is 31.0 Å². The summed E-state index contributed by atoms with van der Waals surface area (Å²) in [6.45, 7) is -0.913. The summed E-state index contributed by atoms with van der Waals surface area (Å²) >= 11 is 1.20. The number of nitrogens with one attached hydrogen (secondary N) is 2. The first kappa shape index (κ1) is 25.5. The maximum Gasteiger partial charge on any atom is 0.408 e. The van der Waals surface area contributed by atoms with Crippen molar-refractivity contribution in [1.82, 2.24) is 15.5 Å². The molecular weight excluding hydrogens is 490 g/mol. The number of alkyl carbamates (subject to hydrolysis) is 1. The van der Waals surface area contributed by atoms with Crippen molar-refractivity contribution < 1.29 is 42.5 Å². The average molecular weight is 514 g/mol. The normalized spacial score (nSPS) is 20.6. The number of benzene rings is 1. The van der Waals surface area contributed by atoms with E-state index in [1.54, 1.807) is 30.3 Å². The van der Waals surface area contributed by atoms with Crippen molar-refractivity contribution in [3.05, 3.63) is 47.2 Å². The van der Waals surface area contributed by atoms with Crippen LogP contribution in [0.3, 0.4) is 0 Å². The fourth-order valence-corrected chi connectivity index (χ4v) is 5.15. The number of thioether (sulfide) groups is 1. The molecular formula is C20H23N3O9S2. The molecule has 12 nitrogen and oxygen atoms in total. The topological polar surface area (TPSA) is 179 Å². The third-order valence-electron chi connectivity index (χ3n) is 5.08. The van der Waals surface area contributed by atoms with E-state index in [-0.39, 0.29) is 22.8 Å². The Morgan fingerprint density at radius 1 is 1.26 bits per heavy atom. The summed E-state index contributed by atoms with van der Waals surface area (Å²) in [6.07, 6.45) is -0.0320. The highest BCUT2D eigenvalue weighted by molar-refractivity contribution is 8.00. The van der Waals surface area contributed by atoms with E-state index in [0.717, 1.165) is 11.2 Å². The third-order valence-corrected chi connectivity index (χ3v) is 7.33. The molecule has 2 aliphatic heterocycles. The van der Waals surface area contributed by atoms with Crippen LogP contribution in [0.15, 0.2) is 41.6 Å². The second-order valence-corrected chi connectivity index (χ2v) is 10.9. The van der Waals surface area contributed by atoms with Gasteiger partial charge in [0.2, 0.25) is 5.91 Å². The molecule has 0 saturated carbocycles. The number of carbonyl (C=O) groups excluding carboxylic acids is 3. The Balaban J connectivity index is 1.72. The Morgan fingerprint density at radius 2 is 1.94 bits per heavy atom. The fraction of sp³-hybridized carbons (Fsp3) is 0.400. The number of carboxylic acid groups (broad SMARTS) is 1. The highest BCUT2D eigenvalue weighted by atomic mass is 32.2. The zero-order chi connectivity index (χ0) is 25.0. The number of hydrogen-bond donors (Lipinski definition) is 4. The van der Waals surface area contributed by atoms with Crippen molar-refractivity contribution in [2.24, 2.45) is 0 Å². The first-order valence-electron chi connectivity index (χ1n) is 10.0. The molecule has 2 aliphatic rings. The number of nitrogens with zero attached hydrogens (tertiary/aromatic N) is 1. The van der Waals surface area contributed by atoms with E-state index in [1.165, 1.54) is 11.8 Å². The Hall–Kier alpha value is -3.10. The standard InChI is InChI=1S/C20H23N3O9S2/c1-34(30,31)8-7-32-20(29)22-13(11-5-3-2-4-6-11)16(25)21-14-17(26)23-15(19(27)28)12(9-24)10-33-18(14)23/h2-6,13-14,18,24H,7-10H2,1H3,(H,21,25)(H,22,29)(H,27,28)/t13?,14-,18+/m1/s1. The van der Waals surface area contributed by atoms with E-state index in [4.69, 9.17) is 4.74 Å². The van der Waals surface area contributed by atoms with Gasteiger partial charge in [0.05, 0.1) is 12.4 Å². The molecule has 4 N–H and O–H groups in total. The molecule has 3 atom stereocenters. The SMILES string of the molecule is CS(=O)(=O)CCOC(=O)NC(C(=O)N[C@@H]1C(=O)N2C(C(=O)O)=C(CO)CS[C@@H]12)c1ccccc1. The summed E-state index contributed by atoms with van der Waals surface area (Å²) in [6, 6.07) is 5.83. The fourth-order valence-electron chi connectivity index (χ4n) is 3.43. The highest BCUT2D eigenvalue weighted by Gasteiger charge is 2.54. The van der Waals surface area contributed by atoms with Crippen LogP contribution in [0.25, 0.3) is 0 Å². The van der Waals surface area contributed by atoms with Crippen LogP contribution in [0.2, 0.25) is 0 Å². The van der Waals surface area contributed by atoms with Gasteiger partial charge in [0.25, 0.3) is 5.91 Å². The number of amides is 3. The van der Waals surface area contributed by atoms with Gasteiger partial charge in [-0.05, 0) is 11.1 Å². The number of sulfone groups is 1. The van der Waals surface area contributed by atoms with Crippen LogP contribution in [-0.4, -0.2) is 89.8 Å². The summed E-state index contributed by atoms with van der Waals surface area (Å²) in [4.78, 5) is 50.5. The largest absolute Gasteiger partial charge is 0.477 e. The Morgan fingerprint density at radius 3 is 2.53 bits per heavy atom. The molecule has 3 amide bonds. The molecule has 14 heteroatoms. The number of carbonyl (C=O) groups is 4. The van der Waals surface area contributed by atoms with E-state index in [1.807, 2.05) is 0 Å². The molecule has 34 heavy (non-hydrogen) atoms. The lowest BCUT2D eigenvalue weighted by atomic mass is 10.0. The van der Waals surface area contributed by atoms with Crippen LogP contribution in [0, 0.1) is 0 Å². The summed E-state index contributed by atoms with van der Waals surface area (Å²) < 4.78 is 27.3. The number of fused-ring (bicyclic) bond motifs is 1. The minimum absolute atomic E-state index is 0.173. The minimum Gasteiger partial charge on any atom is -0.477 e. The number of ether oxygens (including phenoxy) is 1. The van der Waals surface area contributed by atoms with Gasteiger partial charge in [0.15, 0.2) is 9.84 Å². The smallest absolute Gasteiger partial charge is 0.408 e. The van der Waals surface area contributed by atoms with Crippen molar-refractivity contribution in [3.8, 4) is 0 Å². The second-order valence-electron chi connectivity index (χ2n) is 7.57. The van der Waals surface area contributed by atoms with Gasteiger partial charge in [-0.3, -0.25) is 14.5 Å². The zero-order valence-electron chi connectivity index (χ0n) is 18.0. The van der Waals surface area contributed by atoms with Crippen LogP contribution >= 0.6 is 11.8 Å². The van der Waals surface area contributed by atoms with Gasteiger partial charge in [0.1, 0.15) is 29.8 Å². The molecule has 0 aliphatic carbocycles. The van der Waals surface area contributed by atoms with Crippen LogP contribution in [-0.2, 0) is 29.0 Å². The number of aliphatic carboxylic acids is 1. The molecule has 1 saturated heterocycles. The highest BCUT2D eigenvalue weighted by Crippen LogP contribution is 2.40. The van der Waals surface area contributed by atoms with Crippen molar-refractivity contribution >= 4 is 45.5 Å². The lowest BCUT2D eigenvalue weighted by molar-refractivity contribution is -0.151. The summed E-state index contributed by atoms with van der Waals surface area (Å²) in [5.41, 5.74) is 0.287. The van der Waals surface area contributed by atoms with Crippen molar-refractivity contribution in [3.63, 3.8) is 0 Å². The van der Waals surface area contributed by atoms with Gasteiger partial charge < -0.3 is 25.6 Å². The summed E-state index contributed by atoms with van der Waals surface area (Å²) in [5, 5.41) is 23.1. The van der Waals surface area contributed by atoms with E-state index >= 15 is 0 Å². The monoisotopic (exact) mass is 513 g/mol. The second kappa shape index (κ2) is 10.4. The number of aliphatic hydroxyl groups is 1. The predicted octanol–water partition coefficient (Wildman–Crippen LogP) is -0.771. The number of aliphatic hydroxyl groups excluding tert-OH is 1. The molecule has 0 bridgehead atoms. The van der Waals surface area contributed by atoms with Gasteiger partial charge in [-0.2, -0.15) is 0 Å². The summed E-state index contributed by atoms with van der Waals surface area (Å²) in [7, 11) is -3.35. The Kier molecular flexibility index (Phi) is 7.84. The molecule has 0 radical (unpaired) electrons. The predicted molar refractivity (Wildman–Crippen MR) is 120 cm³/mol. The molecule has 1 aromatic carbocycles. The minimum atomic E-state index is -3.35. The maximum absolute atomic E-state index is 13.0. The number of carboxylic acids is 1. The number of hydrogen-bond acceptors (Lipinski definition) is 9. The zero-order valence-corrected chi connectivity index (χ0v) is 19.6. The maximum atomic E-state index is 13.0. The molecule has 0 aromatic heterocycles. The van der Waals surface area contributed by atoms with Crippen molar-refractivity contribution in [2.45, 2.75) is 17.5 Å². The lowest BCUT2D eigenvalue weighted by Crippen LogP contribution is -2.71. The molecule has 1 unspecified atom stereocenters.